The number of para-hydroxylation sites is 1. The Morgan fingerprint density at radius 3 is 2.29 bits per heavy atom. The molecule has 0 saturated heterocycles. The van der Waals surface area contributed by atoms with Crippen LogP contribution in [-0.2, 0) is 4.79 Å². The van der Waals surface area contributed by atoms with Crippen LogP contribution in [0.5, 0.6) is 0 Å². The minimum Gasteiger partial charge on any atom is -0.323 e. The van der Waals surface area contributed by atoms with Crippen molar-refractivity contribution in [2.75, 3.05) is 5.32 Å². The number of halogens is 2. The second-order valence-corrected chi connectivity index (χ2v) is 5.00. The van der Waals surface area contributed by atoms with Crippen LogP contribution in [0, 0.1) is 0 Å². The predicted octanol–water partition coefficient (Wildman–Crippen LogP) is 4.37. The average Bonchev–Trinajstić information content (AvgIpc) is 2.48. The molecule has 0 atom stereocenters. The molecule has 0 fully saturated rings. The third-order valence-electron chi connectivity index (χ3n) is 2.63. The van der Waals surface area contributed by atoms with Crippen LogP contribution < -0.4 is 5.32 Å². The SMILES string of the molecule is O=C(/C=C/C(=O)c1ccc(Cl)c(Cl)c1)Nc1ccccc1. The minimum absolute atomic E-state index is 0.296. The smallest absolute Gasteiger partial charge is 0.248 e. The van der Waals surface area contributed by atoms with Crippen molar-refractivity contribution in [2.45, 2.75) is 0 Å². The van der Waals surface area contributed by atoms with E-state index in [4.69, 9.17) is 23.2 Å². The highest BCUT2D eigenvalue weighted by molar-refractivity contribution is 6.42. The van der Waals surface area contributed by atoms with Gasteiger partial charge in [0.25, 0.3) is 0 Å². The number of carbonyl (C=O) groups excluding carboxylic acids is 2. The van der Waals surface area contributed by atoms with Crippen molar-refractivity contribution >= 4 is 40.6 Å². The molecule has 0 aliphatic rings. The van der Waals surface area contributed by atoms with Crippen molar-refractivity contribution in [1.29, 1.82) is 0 Å². The Bertz CT molecular complexity index is 697. The van der Waals surface area contributed by atoms with E-state index in [1.807, 2.05) is 6.07 Å². The maximum Gasteiger partial charge on any atom is 0.248 e. The second kappa shape index (κ2) is 7.07. The lowest BCUT2D eigenvalue weighted by Crippen LogP contribution is -2.08. The zero-order valence-corrected chi connectivity index (χ0v) is 12.4. The van der Waals surface area contributed by atoms with Crippen molar-refractivity contribution in [2.24, 2.45) is 0 Å². The van der Waals surface area contributed by atoms with Crippen LogP contribution in [0.2, 0.25) is 10.0 Å². The number of hydrogen-bond donors (Lipinski definition) is 1. The van der Waals surface area contributed by atoms with Crippen molar-refractivity contribution in [3.8, 4) is 0 Å². The number of rotatable bonds is 4. The number of amides is 1. The van der Waals surface area contributed by atoms with Crippen molar-refractivity contribution in [3.05, 3.63) is 76.3 Å². The van der Waals surface area contributed by atoms with E-state index in [1.54, 1.807) is 30.3 Å². The third kappa shape index (κ3) is 4.45. The molecule has 21 heavy (non-hydrogen) atoms. The van der Waals surface area contributed by atoms with E-state index in [9.17, 15) is 9.59 Å². The van der Waals surface area contributed by atoms with Gasteiger partial charge in [0.15, 0.2) is 5.78 Å². The van der Waals surface area contributed by atoms with Gasteiger partial charge in [0.05, 0.1) is 10.0 Å². The molecule has 2 rings (SSSR count). The molecular weight excluding hydrogens is 309 g/mol. The van der Waals surface area contributed by atoms with E-state index >= 15 is 0 Å². The maximum absolute atomic E-state index is 11.9. The molecule has 0 spiro atoms. The van der Waals surface area contributed by atoms with Crippen LogP contribution >= 0.6 is 23.2 Å². The molecule has 0 aliphatic carbocycles. The predicted molar refractivity (Wildman–Crippen MR) is 85.0 cm³/mol. The first-order chi connectivity index (χ1) is 10.1. The monoisotopic (exact) mass is 319 g/mol. The van der Waals surface area contributed by atoms with Gasteiger partial charge >= 0.3 is 0 Å². The van der Waals surface area contributed by atoms with Gasteiger partial charge in [-0.15, -0.1) is 0 Å². The van der Waals surface area contributed by atoms with Crippen molar-refractivity contribution in [3.63, 3.8) is 0 Å². The Labute approximate surface area is 132 Å². The Balaban J connectivity index is 2.01. The number of benzene rings is 2. The summed E-state index contributed by atoms with van der Waals surface area (Å²) in [6.07, 6.45) is 2.37. The van der Waals surface area contributed by atoms with E-state index in [2.05, 4.69) is 5.32 Å². The van der Waals surface area contributed by atoms with E-state index in [-0.39, 0.29) is 11.7 Å². The molecule has 0 aromatic heterocycles. The number of nitrogens with one attached hydrogen (secondary N) is 1. The Morgan fingerprint density at radius 2 is 1.62 bits per heavy atom. The van der Waals surface area contributed by atoms with Gasteiger partial charge < -0.3 is 5.32 Å². The summed E-state index contributed by atoms with van der Waals surface area (Å²) in [4.78, 5) is 23.6. The summed E-state index contributed by atoms with van der Waals surface area (Å²) in [6, 6.07) is 13.5. The zero-order valence-electron chi connectivity index (χ0n) is 10.8. The van der Waals surface area contributed by atoms with Crippen LogP contribution in [0.4, 0.5) is 5.69 Å². The molecule has 3 nitrogen and oxygen atoms in total. The Morgan fingerprint density at radius 1 is 0.905 bits per heavy atom. The molecule has 1 amide bonds. The molecular formula is C16H11Cl2NO2. The number of hydrogen-bond acceptors (Lipinski definition) is 2. The third-order valence-corrected chi connectivity index (χ3v) is 3.37. The lowest BCUT2D eigenvalue weighted by Gasteiger charge is -2.01. The average molecular weight is 320 g/mol. The van der Waals surface area contributed by atoms with Crippen LogP contribution in [-0.4, -0.2) is 11.7 Å². The van der Waals surface area contributed by atoms with Crippen LogP contribution in [0.3, 0.4) is 0 Å². The zero-order chi connectivity index (χ0) is 15.2. The summed E-state index contributed by atoms with van der Waals surface area (Å²) in [6.45, 7) is 0. The number of carbonyl (C=O) groups is 2. The first kappa shape index (κ1) is 15.3. The Kier molecular flexibility index (Phi) is 5.14. The standard InChI is InChI=1S/C16H11Cl2NO2/c17-13-7-6-11(10-14(13)18)15(20)8-9-16(21)19-12-4-2-1-3-5-12/h1-10H,(H,19,21)/b9-8+. The van der Waals surface area contributed by atoms with Gasteiger partial charge in [-0.1, -0.05) is 41.4 Å². The molecule has 0 unspecified atom stereocenters. The van der Waals surface area contributed by atoms with Gasteiger partial charge in [0, 0.05) is 17.3 Å². The highest BCUT2D eigenvalue weighted by Crippen LogP contribution is 2.22. The molecule has 0 bridgehead atoms. The van der Waals surface area contributed by atoms with Gasteiger partial charge in [0.2, 0.25) is 5.91 Å². The number of ketones is 1. The molecule has 2 aromatic carbocycles. The first-order valence-corrected chi connectivity index (χ1v) is 6.85. The fraction of sp³-hybridized carbons (Fsp3) is 0. The van der Waals surface area contributed by atoms with Gasteiger partial charge in [-0.25, -0.2) is 0 Å². The fourth-order valence-corrected chi connectivity index (χ4v) is 1.90. The highest BCUT2D eigenvalue weighted by Gasteiger charge is 2.06. The van der Waals surface area contributed by atoms with Gasteiger partial charge in [-0.3, -0.25) is 9.59 Å². The number of anilines is 1. The summed E-state index contributed by atoms with van der Waals surface area (Å²) in [7, 11) is 0. The summed E-state index contributed by atoms with van der Waals surface area (Å²) in [5.74, 6) is -0.702. The molecule has 1 N–H and O–H groups in total. The van der Waals surface area contributed by atoms with E-state index < -0.39 is 0 Å². The van der Waals surface area contributed by atoms with Gasteiger partial charge in [-0.2, -0.15) is 0 Å². The molecule has 5 heteroatoms. The normalized spacial score (nSPS) is 10.6. The van der Waals surface area contributed by atoms with Crippen molar-refractivity contribution in [1.82, 2.24) is 0 Å². The maximum atomic E-state index is 11.9. The summed E-state index contributed by atoms with van der Waals surface area (Å²) in [5, 5.41) is 3.31. The minimum atomic E-state index is -0.380. The van der Waals surface area contributed by atoms with E-state index in [0.29, 0.717) is 21.3 Å². The topological polar surface area (TPSA) is 46.2 Å². The lowest BCUT2D eigenvalue weighted by atomic mass is 10.1. The lowest BCUT2D eigenvalue weighted by molar-refractivity contribution is -0.111. The molecule has 0 aliphatic heterocycles. The molecule has 0 heterocycles. The molecule has 0 saturated carbocycles. The second-order valence-electron chi connectivity index (χ2n) is 4.18. The quantitative estimate of drug-likeness (QED) is 0.671. The van der Waals surface area contributed by atoms with Crippen LogP contribution in [0.15, 0.2) is 60.7 Å². The number of allylic oxidation sites excluding steroid dienone is 1. The Hall–Kier alpha value is -2.10. The molecule has 0 radical (unpaired) electrons. The highest BCUT2D eigenvalue weighted by atomic mass is 35.5. The van der Waals surface area contributed by atoms with Gasteiger partial charge in [-0.05, 0) is 36.4 Å². The van der Waals surface area contributed by atoms with E-state index in [1.165, 1.54) is 24.3 Å². The van der Waals surface area contributed by atoms with E-state index in [0.717, 1.165) is 0 Å². The molecule has 2 aromatic rings. The van der Waals surface area contributed by atoms with Crippen LogP contribution in [0.1, 0.15) is 10.4 Å². The fourth-order valence-electron chi connectivity index (χ4n) is 1.60. The molecule has 106 valence electrons. The summed E-state index contributed by atoms with van der Waals surface area (Å²) >= 11 is 11.6. The van der Waals surface area contributed by atoms with Crippen molar-refractivity contribution < 1.29 is 9.59 Å². The summed E-state index contributed by atoms with van der Waals surface area (Å²) in [5.41, 5.74) is 1.03. The van der Waals surface area contributed by atoms with Crippen LogP contribution in [0.25, 0.3) is 0 Å². The summed E-state index contributed by atoms with van der Waals surface area (Å²) < 4.78 is 0. The first-order valence-electron chi connectivity index (χ1n) is 6.10. The van der Waals surface area contributed by atoms with Gasteiger partial charge in [0.1, 0.15) is 0 Å². The largest absolute Gasteiger partial charge is 0.323 e.